The summed E-state index contributed by atoms with van der Waals surface area (Å²) in [7, 11) is 1.32. The molecule has 0 atom stereocenters. The van der Waals surface area contributed by atoms with Crippen molar-refractivity contribution in [3.63, 3.8) is 0 Å². The molecule has 0 aliphatic carbocycles. The Morgan fingerprint density at radius 1 is 1.27 bits per heavy atom. The molecule has 132 valence electrons. The Morgan fingerprint density at radius 3 is 2.69 bits per heavy atom. The van der Waals surface area contributed by atoms with Crippen molar-refractivity contribution in [1.82, 2.24) is 15.6 Å². The van der Waals surface area contributed by atoms with E-state index in [1.807, 2.05) is 6.07 Å². The number of nitrogens with one attached hydrogen (secondary N) is 2. The van der Waals surface area contributed by atoms with E-state index in [1.54, 1.807) is 36.4 Å². The standard InChI is InChI=1S/C17H13ClN4O3S/c1-25-17(24)11-4-2-10(3-5-11)9-19-22-16(23)13-8-12(20-21-13)14-6-7-15(18)26-14/h2-9H,1H3,(H,20,21)(H,22,23)/b19-9-. The maximum atomic E-state index is 12.1. The van der Waals surface area contributed by atoms with Crippen LogP contribution in [0.3, 0.4) is 0 Å². The number of rotatable bonds is 5. The minimum absolute atomic E-state index is 0.211. The number of halogens is 1. The first kappa shape index (κ1) is 17.8. The van der Waals surface area contributed by atoms with Gasteiger partial charge in [-0.15, -0.1) is 11.3 Å². The highest BCUT2D eigenvalue weighted by Gasteiger charge is 2.12. The van der Waals surface area contributed by atoms with Gasteiger partial charge in [-0.05, 0) is 35.9 Å². The molecule has 0 saturated carbocycles. The molecule has 1 aromatic carbocycles. The molecular formula is C17H13ClN4O3S. The smallest absolute Gasteiger partial charge is 0.337 e. The SMILES string of the molecule is COC(=O)c1ccc(/C=N\NC(=O)c2cc(-c3ccc(Cl)s3)[nH]n2)cc1. The molecule has 2 heterocycles. The van der Waals surface area contributed by atoms with Crippen molar-refractivity contribution in [3.05, 3.63) is 63.6 Å². The second kappa shape index (κ2) is 7.94. The number of carbonyl (C=O) groups is 2. The van der Waals surface area contributed by atoms with Crippen molar-refractivity contribution < 1.29 is 14.3 Å². The van der Waals surface area contributed by atoms with Crippen molar-refractivity contribution >= 4 is 41.0 Å². The third-order valence-electron chi connectivity index (χ3n) is 3.36. The normalized spacial score (nSPS) is 10.8. The molecule has 0 saturated heterocycles. The number of methoxy groups -OCH3 is 1. The van der Waals surface area contributed by atoms with Crippen LogP contribution in [0.4, 0.5) is 0 Å². The number of aromatic nitrogens is 2. The van der Waals surface area contributed by atoms with Gasteiger partial charge in [0.15, 0.2) is 5.69 Å². The van der Waals surface area contributed by atoms with E-state index in [0.717, 1.165) is 4.88 Å². The summed E-state index contributed by atoms with van der Waals surface area (Å²) in [4.78, 5) is 24.3. The molecule has 7 nitrogen and oxygen atoms in total. The van der Waals surface area contributed by atoms with E-state index in [0.29, 0.717) is 21.2 Å². The first-order valence-electron chi connectivity index (χ1n) is 7.39. The molecule has 2 N–H and O–H groups in total. The van der Waals surface area contributed by atoms with Gasteiger partial charge in [0, 0.05) is 0 Å². The third kappa shape index (κ3) is 4.16. The minimum atomic E-state index is -0.447. The first-order chi connectivity index (χ1) is 12.6. The molecule has 0 aliphatic heterocycles. The zero-order valence-electron chi connectivity index (χ0n) is 13.5. The average molecular weight is 389 g/mol. The molecule has 26 heavy (non-hydrogen) atoms. The lowest BCUT2D eigenvalue weighted by atomic mass is 10.1. The number of H-pyrrole nitrogens is 1. The van der Waals surface area contributed by atoms with Crippen LogP contribution in [-0.2, 0) is 4.74 Å². The Morgan fingerprint density at radius 2 is 2.04 bits per heavy atom. The maximum Gasteiger partial charge on any atom is 0.337 e. The molecule has 0 spiro atoms. The van der Waals surface area contributed by atoms with Gasteiger partial charge < -0.3 is 4.74 Å². The van der Waals surface area contributed by atoms with Crippen LogP contribution >= 0.6 is 22.9 Å². The zero-order chi connectivity index (χ0) is 18.5. The van der Waals surface area contributed by atoms with Crippen LogP contribution in [-0.4, -0.2) is 35.4 Å². The van der Waals surface area contributed by atoms with E-state index in [1.165, 1.54) is 24.7 Å². The number of hydrogen-bond donors (Lipinski definition) is 2. The van der Waals surface area contributed by atoms with E-state index in [2.05, 4.69) is 25.5 Å². The molecule has 3 aromatic rings. The summed E-state index contributed by atoms with van der Waals surface area (Å²) in [5.74, 6) is -0.860. The Bertz CT molecular complexity index is 963. The fourth-order valence-electron chi connectivity index (χ4n) is 2.07. The predicted molar refractivity (Wildman–Crippen MR) is 99.8 cm³/mol. The van der Waals surface area contributed by atoms with Gasteiger partial charge in [-0.2, -0.15) is 10.2 Å². The van der Waals surface area contributed by atoms with Crippen LogP contribution in [0.1, 0.15) is 26.4 Å². The molecule has 0 bridgehead atoms. The van der Waals surface area contributed by atoms with E-state index < -0.39 is 11.9 Å². The third-order valence-corrected chi connectivity index (χ3v) is 4.63. The van der Waals surface area contributed by atoms with Crippen LogP contribution in [0.2, 0.25) is 4.34 Å². The number of nitrogens with zero attached hydrogens (tertiary/aromatic N) is 2. The second-order valence-corrected chi connectivity index (χ2v) is 6.80. The summed E-state index contributed by atoms with van der Waals surface area (Å²) < 4.78 is 5.28. The Balaban J connectivity index is 1.61. The Labute approximate surface area is 157 Å². The molecule has 0 radical (unpaired) electrons. The number of benzene rings is 1. The quantitative estimate of drug-likeness (QED) is 0.398. The minimum Gasteiger partial charge on any atom is -0.465 e. The Hall–Kier alpha value is -2.97. The lowest BCUT2D eigenvalue weighted by molar-refractivity contribution is 0.0600. The number of amides is 1. The van der Waals surface area contributed by atoms with Crippen molar-refractivity contribution in [1.29, 1.82) is 0 Å². The fourth-order valence-corrected chi connectivity index (χ4v) is 3.08. The monoisotopic (exact) mass is 388 g/mol. The van der Waals surface area contributed by atoms with Crippen molar-refractivity contribution in [2.24, 2.45) is 5.10 Å². The van der Waals surface area contributed by atoms with Gasteiger partial charge in [0.25, 0.3) is 5.91 Å². The van der Waals surface area contributed by atoms with Gasteiger partial charge in [0.2, 0.25) is 0 Å². The van der Waals surface area contributed by atoms with Gasteiger partial charge in [-0.1, -0.05) is 23.7 Å². The van der Waals surface area contributed by atoms with Crippen LogP contribution < -0.4 is 5.43 Å². The van der Waals surface area contributed by atoms with Crippen molar-refractivity contribution in [2.75, 3.05) is 7.11 Å². The molecule has 3 rings (SSSR count). The fraction of sp³-hybridized carbons (Fsp3) is 0.0588. The number of carbonyl (C=O) groups excluding carboxylic acids is 2. The number of thiophene rings is 1. The highest BCUT2D eigenvalue weighted by Crippen LogP contribution is 2.29. The molecular weight excluding hydrogens is 376 g/mol. The summed E-state index contributed by atoms with van der Waals surface area (Å²) in [6.07, 6.45) is 1.46. The summed E-state index contributed by atoms with van der Waals surface area (Å²) >= 11 is 7.29. The molecule has 0 fully saturated rings. The van der Waals surface area contributed by atoms with E-state index in [-0.39, 0.29) is 5.69 Å². The van der Waals surface area contributed by atoms with Gasteiger partial charge in [-0.25, -0.2) is 10.2 Å². The largest absolute Gasteiger partial charge is 0.465 e. The topological polar surface area (TPSA) is 96.4 Å². The van der Waals surface area contributed by atoms with Crippen LogP contribution in [0, 0.1) is 0 Å². The van der Waals surface area contributed by atoms with E-state index >= 15 is 0 Å². The lowest BCUT2D eigenvalue weighted by Gasteiger charge is -1.99. The molecule has 9 heteroatoms. The first-order valence-corrected chi connectivity index (χ1v) is 8.59. The number of esters is 1. The van der Waals surface area contributed by atoms with Crippen molar-refractivity contribution in [2.45, 2.75) is 0 Å². The lowest BCUT2D eigenvalue weighted by Crippen LogP contribution is -2.18. The highest BCUT2D eigenvalue weighted by molar-refractivity contribution is 7.19. The van der Waals surface area contributed by atoms with Crippen LogP contribution in [0.5, 0.6) is 0 Å². The predicted octanol–water partition coefficient (Wildman–Crippen LogP) is 3.34. The van der Waals surface area contributed by atoms with Gasteiger partial charge in [0.1, 0.15) is 0 Å². The van der Waals surface area contributed by atoms with Crippen LogP contribution in [0.25, 0.3) is 10.6 Å². The van der Waals surface area contributed by atoms with Crippen molar-refractivity contribution in [3.8, 4) is 10.6 Å². The molecule has 2 aromatic heterocycles. The van der Waals surface area contributed by atoms with E-state index in [9.17, 15) is 9.59 Å². The maximum absolute atomic E-state index is 12.1. The number of aromatic amines is 1. The zero-order valence-corrected chi connectivity index (χ0v) is 15.1. The number of hydrazone groups is 1. The molecule has 0 unspecified atom stereocenters. The Kier molecular flexibility index (Phi) is 5.45. The summed E-state index contributed by atoms with van der Waals surface area (Å²) in [6.45, 7) is 0. The van der Waals surface area contributed by atoms with Crippen LogP contribution in [0.15, 0.2) is 47.6 Å². The van der Waals surface area contributed by atoms with Gasteiger partial charge in [0.05, 0.1) is 33.8 Å². The van der Waals surface area contributed by atoms with Gasteiger partial charge >= 0.3 is 5.97 Å². The summed E-state index contributed by atoms with van der Waals surface area (Å²) in [5, 5.41) is 10.6. The summed E-state index contributed by atoms with van der Waals surface area (Å²) in [6, 6.07) is 11.8. The second-order valence-electron chi connectivity index (χ2n) is 5.08. The number of ether oxygens (including phenoxy) is 1. The van der Waals surface area contributed by atoms with E-state index in [4.69, 9.17) is 11.6 Å². The highest BCUT2D eigenvalue weighted by atomic mass is 35.5. The average Bonchev–Trinajstić information content (AvgIpc) is 3.30. The molecule has 0 aliphatic rings. The van der Waals surface area contributed by atoms with Gasteiger partial charge in [-0.3, -0.25) is 9.89 Å². The molecule has 1 amide bonds. The number of hydrogen-bond acceptors (Lipinski definition) is 6. The summed E-state index contributed by atoms with van der Waals surface area (Å²) in [5.41, 5.74) is 4.47.